The van der Waals surface area contributed by atoms with Crippen molar-refractivity contribution in [3.63, 3.8) is 0 Å². The molecule has 0 aliphatic carbocycles. The normalized spacial score (nSPS) is 10.2. The van der Waals surface area contributed by atoms with Crippen LogP contribution < -0.4 is 0 Å². The van der Waals surface area contributed by atoms with Crippen LogP contribution in [-0.4, -0.2) is 29.2 Å². The highest BCUT2D eigenvalue weighted by Crippen LogP contribution is 2.03. The average molecular weight is 174 g/mol. The molecule has 12 heavy (non-hydrogen) atoms. The lowest BCUT2D eigenvalue weighted by molar-refractivity contribution is -0.119. The van der Waals surface area contributed by atoms with Crippen molar-refractivity contribution in [1.29, 1.82) is 0 Å². The number of hydrogen-bond donors (Lipinski definition) is 2. The standard InChI is InChI=1S/C9H18O3/c10-7-3-1-2-5-9(12)6-4-8-11/h10-11H,1-8H2. The number of aliphatic hydroxyl groups excluding tert-OH is 2. The molecule has 0 heterocycles. The molecule has 72 valence electrons. The monoisotopic (exact) mass is 174 g/mol. The molecular formula is C9H18O3. The second-order valence-electron chi connectivity index (χ2n) is 2.90. The number of Topliss-reactive ketones (excluding diaryl/α,β-unsaturated/α-hetero) is 1. The van der Waals surface area contributed by atoms with Crippen LogP contribution in [0.2, 0.25) is 0 Å². The summed E-state index contributed by atoms with van der Waals surface area (Å²) in [6.45, 7) is 0.313. The van der Waals surface area contributed by atoms with E-state index in [1.165, 1.54) is 0 Å². The topological polar surface area (TPSA) is 57.5 Å². The maximum Gasteiger partial charge on any atom is 0.132 e. The van der Waals surface area contributed by atoms with E-state index in [4.69, 9.17) is 10.2 Å². The smallest absolute Gasteiger partial charge is 0.132 e. The van der Waals surface area contributed by atoms with E-state index in [-0.39, 0.29) is 19.0 Å². The number of hydrogen-bond acceptors (Lipinski definition) is 3. The number of rotatable bonds is 8. The molecule has 0 spiro atoms. The third-order valence-electron chi connectivity index (χ3n) is 1.73. The van der Waals surface area contributed by atoms with Gasteiger partial charge in [-0.15, -0.1) is 0 Å². The Balaban J connectivity index is 3.08. The first-order chi connectivity index (χ1) is 5.81. The summed E-state index contributed by atoms with van der Waals surface area (Å²) in [4.78, 5) is 11.0. The molecule has 0 unspecified atom stereocenters. The Bertz CT molecular complexity index is 112. The van der Waals surface area contributed by atoms with Gasteiger partial charge in [-0.25, -0.2) is 0 Å². The summed E-state index contributed by atoms with van der Waals surface area (Å²) in [6.07, 6.45) is 4.24. The molecule has 3 heteroatoms. The SMILES string of the molecule is O=C(CCCO)CCCCCO. The molecule has 0 amide bonds. The summed E-state index contributed by atoms with van der Waals surface area (Å²) in [5.41, 5.74) is 0. The van der Waals surface area contributed by atoms with E-state index in [0.717, 1.165) is 19.3 Å². The third kappa shape index (κ3) is 7.69. The molecule has 0 fully saturated rings. The van der Waals surface area contributed by atoms with Gasteiger partial charge in [-0.2, -0.15) is 0 Å². The van der Waals surface area contributed by atoms with Crippen LogP contribution in [0.5, 0.6) is 0 Å². The van der Waals surface area contributed by atoms with Gasteiger partial charge in [0.25, 0.3) is 0 Å². The number of ketones is 1. The van der Waals surface area contributed by atoms with Gasteiger partial charge in [-0.3, -0.25) is 4.79 Å². The van der Waals surface area contributed by atoms with Crippen molar-refractivity contribution >= 4 is 5.78 Å². The highest BCUT2D eigenvalue weighted by Gasteiger charge is 2.00. The lowest BCUT2D eigenvalue weighted by Gasteiger charge is -1.98. The predicted octanol–water partition coefficient (Wildman–Crippen LogP) is 0.881. The summed E-state index contributed by atoms with van der Waals surface area (Å²) < 4.78 is 0. The summed E-state index contributed by atoms with van der Waals surface area (Å²) in [6, 6.07) is 0. The molecule has 0 bridgehead atoms. The Morgan fingerprint density at radius 2 is 1.42 bits per heavy atom. The molecule has 0 rings (SSSR count). The van der Waals surface area contributed by atoms with E-state index in [1.807, 2.05) is 0 Å². The van der Waals surface area contributed by atoms with E-state index < -0.39 is 0 Å². The van der Waals surface area contributed by atoms with Crippen LogP contribution >= 0.6 is 0 Å². The van der Waals surface area contributed by atoms with Gasteiger partial charge in [0.1, 0.15) is 5.78 Å². The fourth-order valence-electron chi connectivity index (χ4n) is 1.01. The minimum absolute atomic E-state index is 0.0996. The van der Waals surface area contributed by atoms with Gasteiger partial charge in [0.05, 0.1) is 0 Å². The lowest BCUT2D eigenvalue weighted by Crippen LogP contribution is -1.99. The molecule has 0 saturated carbocycles. The minimum atomic E-state index is 0.0996. The zero-order valence-corrected chi connectivity index (χ0v) is 7.46. The summed E-state index contributed by atoms with van der Waals surface area (Å²) in [5.74, 6) is 0.224. The molecule has 0 saturated heterocycles. The van der Waals surface area contributed by atoms with Gasteiger partial charge in [-0.1, -0.05) is 6.42 Å². The van der Waals surface area contributed by atoms with E-state index in [9.17, 15) is 4.79 Å². The number of unbranched alkanes of at least 4 members (excludes halogenated alkanes) is 2. The largest absolute Gasteiger partial charge is 0.396 e. The van der Waals surface area contributed by atoms with Crippen LogP contribution in [-0.2, 0) is 4.79 Å². The number of aliphatic hydroxyl groups is 2. The first-order valence-electron chi connectivity index (χ1n) is 4.54. The Labute approximate surface area is 73.4 Å². The van der Waals surface area contributed by atoms with Gasteiger partial charge in [0, 0.05) is 26.1 Å². The Morgan fingerprint density at radius 1 is 0.833 bits per heavy atom. The van der Waals surface area contributed by atoms with Crippen LogP contribution in [0.25, 0.3) is 0 Å². The molecule has 0 aliphatic heterocycles. The van der Waals surface area contributed by atoms with Gasteiger partial charge < -0.3 is 10.2 Å². The van der Waals surface area contributed by atoms with Crippen LogP contribution in [0.3, 0.4) is 0 Å². The first-order valence-corrected chi connectivity index (χ1v) is 4.54. The fourth-order valence-corrected chi connectivity index (χ4v) is 1.01. The average Bonchev–Trinajstić information content (AvgIpc) is 2.09. The Morgan fingerprint density at radius 3 is 2.00 bits per heavy atom. The van der Waals surface area contributed by atoms with Crippen LogP contribution in [0.4, 0.5) is 0 Å². The van der Waals surface area contributed by atoms with Gasteiger partial charge in [-0.05, 0) is 19.3 Å². The number of carbonyl (C=O) groups is 1. The maximum atomic E-state index is 11.0. The quantitative estimate of drug-likeness (QED) is 0.537. The molecule has 0 radical (unpaired) electrons. The third-order valence-corrected chi connectivity index (χ3v) is 1.73. The van der Waals surface area contributed by atoms with Crippen LogP contribution in [0, 0.1) is 0 Å². The van der Waals surface area contributed by atoms with Crippen molar-refractivity contribution in [2.24, 2.45) is 0 Å². The summed E-state index contributed by atoms with van der Waals surface area (Å²) in [7, 11) is 0. The second kappa shape index (κ2) is 8.68. The Hall–Kier alpha value is -0.410. The molecule has 0 aromatic carbocycles. The van der Waals surface area contributed by atoms with Crippen molar-refractivity contribution in [2.45, 2.75) is 38.5 Å². The highest BCUT2D eigenvalue weighted by molar-refractivity contribution is 5.78. The van der Waals surface area contributed by atoms with E-state index in [0.29, 0.717) is 19.3 Å². The molecule has 2 N–H and O–H groups in total. The van der Waals surface area contributed by atoms with Crippen molar-refractivity contribution in [1.82, 2.24) is 0 Å². The predicted molar refractivity (Wildman–Crippen MR) is 46.9 cm³/mol. The van der Waals surface area contributed by atoms with E-state index in [2.05, 4.69) is 0 Å². The van der Waals surface area contributed by atoms with Crippen molar-refractivity contribution < 1.29 is 15.0 Å². The Kier molecular flexibility index (Phi) is 8.39. The van der Waals surface area contributed by atoms with Crippen LogP contribution in [0.1, 0.15) is 38.5 Å². The zero-order valence-electron chi connectivity index (χ0n) is 7.46. The van der Waals surface area contributed by atoms with Crippen molar-refractivity contribution in [3.8, 4) is 0 Å². The van der Waals surface area contributed by atoms with E-state index >= 15 is 0 Å². The highest BCUT2D eigenvalue weighted by atomic mass is 16.3. The van der Waals surface area contributed by atoms with Crippen molar-refractivity contribution in [2.75, 3.05) is 13.2 Å². The van der Waals surface area contributed by atoms with Crippen LogP contribution in [0.15, 0.2) is 0 Å². The van der Waals surface area contributed by atoms with Gasteiger partial charge in [0.2, 0.25) is 0 Å². The number of carbonyl (C=O) groups excluding carboxylic acids is 1. The molecule has 0 aromatic heterocycles. The molecule has 0 aliphatic rings. The summed E-state index contributed by atoms with van der Waals surface area (Å²) in [5, 5.41) is 16.9. The molecular weight excluding hydrogens is 156 g/mol. The van der Waals surface area contributed by atoms with Crippen molar-refractivity contribution in [3.05, 3.63) is 0 Å². The summed E-state index contributed by atoms with van der Waals surface area (Å²) >= 11 is 0. The van der Waals surface area contributed by atoms with Gasteiger partial charge >= 0.3 is 0 Å². The zero-order chi connectivity index (χ0) is 9.23. The minimum Gasteiger partial charge on any atom is -0.396 e. The van der Waals surface area contributed by atoms with Gasteiger partial charge in [0.15, 0.2) is 0 Å². The lowest BCUT2D eigenvalue weighted by atomic mass is 10.1. The molecule has 0 atom stereocenters. The fraction of sp³-hybridized carbons (Fsp3) is 0.889. The second-order valence-corrected chi connectivity index (χ2v) is 2.90. The van der Waals surface area contributed by atoms with E-state index in [1.54, 1.807) is 0 Å². The first kappa shape index (κ1) is 11.6. The molecule has 0 aromatic rings. The maximum absolute atomic E-state index is 11.0. The molecule has 3 nitrogen and oxygen atoms in total.